The molecular weight excluding hydrogens is 397 g/mol. The molecule has 1 fully saturated rings. The molecule has 2 heterocycles. The molecular formula is C21H19ClFN3OS. The number of hydrogen-bond acceptors (Lipinski definition) is 4. The van der Waals surface area contributed by atoms with Crippen LogP contribution in [0.15, 0.2) is 58.4 Å². The van der Waals surface area contributed by atoms with Crippen molar-refractivity contribution in [2.75, 3.05) is 31.1 Å². The molecule has 2 aromatic rings. The fourth-order valence-corrected chi connectivity index (χ4v) is 4.50. The first-order valence-corrected chi connectivity index (χ1v) is 10.2. The number of allylic oxidation sites excluding steroid dienone is 1. The second-order valence-electron chi connectivity index (χ2n) is 6.69. The van der Waals surface area contributed by atoms with E-state index < -0.39 is 0 Å². The van der Waals surface area contributed by atoms with Crippen LogP contribution >= 0.6 is 23.4 Å². The van der Waals surface area contributed by atoms with Crippen LogP contribution in [0.5, 0.6) is 0 Å². The average Bonchev–Trinajstić information content (AvgIpc) is 3.10. The van der Waals surface area contributed by atoms with Gasteiger partial charge in [0.2, 0.25) is 0 Å². The zero-order chi connectivity index (χ0) is 19.7. The third-order valence-electron chi connectivity index (χ3n) is 4.95. The number of carbonyl (C=O) groups excluding carboxylic acids is 1. The zero-order valence-electron chi connectivity index (χ0n) is 15.4. The molecule has 0 bridgehead atoms. The molecule has 0 unspecified atom stereocenters. The Balaban J connectivity index is 1.45. The number of halogens is 2. The van der Waals surface area contributed by atoms with Crippen molar-refractivity contribution in [3.63, 3.8) is 0 Å². The van der Waals surface area contributed by atoms with Crippen LogP contribution in [0.25, 0.3) is 5.57 Å². The number of hydrogen-bond donors (Lipinski definition) is 0. The number of piperazine rings is 1. The van der Waals surface area contributed by atoms with Crippen LogP contribution in [0, 0.1) is 5.82 Å². The maximum absolute atomic E-state index is 14.0. The largest absolute Gasteiger partial charge is 0.366 e. The van der Waals surface area contributed by atoms with Crippen molar-refractivity contribution in [1.82, 2.24) is 4.90 Å². The van der Waals surface area contributed by atoms with Crippen LogP contribution < -0.4 is 4.90 Å². The summed E-state index contributed by atoms with van der Waals surface area (Å²) in [5.74, 6) is -0.411. The van der Waals surface area contributed by atoms with E-state index in [4.69, 9.17) is 11.6 Å². The van der Waals surface area contributed by atoms with Gasteiger partial charge in [0.1, 0.15) is 5.82 Å². The van der Waals surface area contributed by atoms with Crippen LogP contribution in [0.2, 0.25) is 5.02 Å². The molecule has 2 aliphatic heterocycles. The Morgan fingerprint density at radius 3 is 2.36 bits per heavy atom. The first-order chi connectivity index (χ1) is 13.5. The van der Waals surface area contributed by atoms with Gasteiger partial charge in [0, 0.05) is 31.2 Å². The SMILES string of the molecule is C/C(=C1/SC(N2CCN(c3ccccc3F)CC2)=NC1=O)c1ccc(Cl)cc1. The highest BCUT2D eigenvalue weighted by atomic mass is 35.5. The lowest BCUT2D eigenvalue weighted by molar-refractivity contribution is -0.113. The van der Waals surface area contributed by atoms with Gasteiger partial charge in [-0.25, -0.2) is 4.39 Å². The molecule has 4 nitrogen and oxygen atoms in total. The topological polar surface area (TPSA) is 35.9 Å². The van der Waals surface area contributed by atoms with Crippen LogP contribution in [0.3, 0.4) is 0 Å². The molecule has 0 radical (unpaired) electrons. The van der Waals surface area contributed by atoms with E-state index >= 15 is 0 Å². The number of thioether (sulfide) groups is 1. The molecule has 0 aliphatic carbocycles. The van der Waals surface area contributed by atoms with Crippen molar-refractivity contribution < 1.29 is 9.18 Å². The number of aliphatic imine (C=N–C) groups is 1. The highest BCUT2D eigenvalue weighted by Crippen LogP contribution is 2.35. The standard InChI is InChI=1S/C21H19ClFN3OS/c1-14(15-6-8-16(22)9-7-15)19-20(27)24-21(28-19)26-12-10-25(11-13-26)18-5-3-2-4-17(18)23/h2-9H,10-13H2,1H3/b19-14-. The Bertz CT molecular complexity index is 966. The van der Waals surface area contributed by atoms with Gasteiger partial charge in [-0.15, -0.1) is 0 Å². The third-order valence-corrected chi connectivity index (χ3v) is 6.41. The van der Waals surface area contributed by atoms with E-state index in [1.807, 2.05) is 42.2 Å². The van der Waals surface area contributed by atoms with Crippen molar-refractivity contribution in [2.24, 2.45) is 4.99 Å². The van der Waals surface area contributed by atoms with Gasteiger partial charge < -0.3 is 9.80 Å². The smallest absolute Gasteiger partial charge is 0.286 e. The Morgan fingerprint density at radius 1 is 1.04 bits per heavy atom. The summed E-state index contributed by atoms with van der Waals surface area (Å²) in [6, 6.07) is 14.3. The first kappa shape index (κ1) is 19.0. The number of para-hydroxylation sites is 1. The van der Waals surface area contributed by atoms with E-state index in [1.165, 1.54) is 17.8 Å². The molecule has 4 rings (SSSR count). The molecule has 1 amide bonds. The minimum atomic E-state index is -0.206. The summed E-state index contributed by atoms with van der Waals surface area (Å²) in [4.78, 5) is 21.5. The van der Waals surface area contributed by atoms with Gasteiger partial charge in [-0.3, -0.25) is 4.79 Å². The monoisotopic (exact) mass is 415 g/mol. The molecule has 2 aromatic carbocycles. The quantitative estimate of drug-likeness (QED) is 0.668. The molecule has 0 atom stereocenters. The van der Waals surface area contributed by atoms with Gasteiger partial charge in [-0.05, 0) is 54.1 Å². The fourth-order valence-electron chi connectivity index (χ4n) is 3.35. The molecule has 1 saturated heterocycles. The summed E-state index contributed by atoms with van der Waals surface area (Å²) in [5, 5.41) is 1.39. The number of carbonyl (C=O) groups is 1. The van der Waals surface area contributed by atoms with E-state index in [0.717, 1.165) is 16.3 Å². The fraction of sp³-hybridized carbons (Fsp3) is 0.238. The highest BCUT2D eigenvalue weighted by Gasteiger charge is 2.30. The molecule has 0 saturated carbocycles. The van der Waals surface area contributed by atoms with Crippen LogP contribution in [-0.4, -0.2) is 42.2 Å². The van der Waals surface area contributed by atoms with Crippen molar-refractivity contribution in [3.8, 4) is 0 Å². The molecule has 2 aliphatic rings. The summed E-state index contributed by atoms with van der Waals surface area (Å²) in [7, 11) is 0. The lowest BCUT2D eigenvalue weighted by atomic mass is 10.1. The molecule has 144 valence electrons. The first-order valence-electron chi connectivity index (χ1n) is 9.05. The minimum Gasteiger partial charge on any atom is -0.366 e. The van der Waals surface area contributed by atoms with Crippen molar-refractivity contribution in [3.05, 3.63) is 69.8 Å². The van der Waals surface area contributed by atoms with E-state index in [-0.39, 0.29) is 11.7 Å². The molecule has 0 N–H and O–H groups in total. The van der Waals surface area contributed by atoms with Gasteiger partial charge in [0.05, 0.1) is 10.6 Å². The van der Waals surface area contributed by atoms with E-state index in [2.05, 4.69) is 9.89 Å². The van der Waals surface area contributed by atoms with E-state index in [9.17, 15) is 9.18 Å². The average molecular weight is 416 g/mol. The van der Waals surface area contributed by atoms with Gasteiger partial charge in [0.15, 0.2) is 5.17 Å². The Labute approximate surface area is 172 Å². The number of rotatable bonds is 2. The predicted molar refractivity (Wildman–Crippen MR) is 114 cm³/mol. The maximum atomic E-state index is 14.0. The number of amides is 1. The van der Waals surface area contributed by atoms with Gasteiger partial charge in [-0.1, -0.05) is 35.9 Å². The Kier molecular flexibility index (Phi) is 5.42. The van der Waals surface area contributed by atoms with Crippen LogP contribution in [0.1, 0.15) is 12.5 Å². The summed E-state index contributed by atoms with van der Waals surface area (Å²) in [6.45, 7) is 4.69. The summed E-state index contributed by atoms with van der Waals surface area (Å²) < 4.78 is 14.0. The number of benzene rings is 2. The molecule has 0 spiro atoms. The molecule has 28 heavy (non-hydrogen) atoms. The second-order valence-corrected chi connectivity index (χ2v) is 8.10. The maximum Gasteiger partial charge on any atom is 0.286 e. The molecule has 7 heteroatoms. The van der Waals surface area contributed by atoms with Crippen molar-refractivity contribution >= 4 is 45.7 Å². The van der Waals surface area contributed by atoms with Gasteiger partial charge in [-0.2, -0.15) is 4.99 Å². The number of anilines is 1. The summed E-state index contributed by atoms with van der Waals surface area (Å²) in [5.41, 5.74) is 2.48. The number of amidine groups is 1. The second kappa shape index (κ2) is 7.97. The lowest BCUT2D eigenvalue weighted by Crippen LogP contribution is -2.48. The van der Waals surface area contributed by atoms with Gasteiger partial charge >= 0.3 is 0 Å². The van der Waals surface area contributed by atoms with Crippen LogP contribution in [0.4, 0.5) is 10.1 Å². The van der Waals surface area contributed by atoms with Crippen molar-refractivity contribution in [1.29, 1.82) is 0 Å². The highest BCUT2D eigenvalue weighted by molar-refractivity contribution is 8.18. The van der Waals surface area contributed by atoms with Crippen LogP contribution in [-0.2, 0) is 4.79 Å². The lowest BCUT2D eigenvalue weighted by Gasteiger charge is -2.36. The zero-order valence-corrected chi connectivity index (χ0v) is 16.9. The van der Waals surface area contributed by atoms with E-state index in [1.54, 1.807) is 12.1 Å². The number of nitrogens with zero attached hydrogens (tertiary/aromatic N) is 3. The summed E-state index contributed by atoms with van der Waals surface area (Å²) in [6.07, 6.45) is 0. The Hall–Kier alpha value is -2.31. The van der Waals surface area contributed by atoms with Gasteiger partial charge in [0.25, 0.3) is 5.91 Å². The minimum absolute atomic E-state index is 0.205. The predicted octanol–water partition coefficient (Wildman–Crippen LogP) is 4.66. The normalized spacial score (nSPS) is 19.1. The summed E-state index contributed by atoms with van der Waals surface area (Å²) >= 11 is 7.36. The molecule has 0 aromatic heterocycles. The Morgan fingerprint density at radius 2 is 1.68 bits per heavy atom. The van der Waals surface area contributed by atoms with E-state index in [0.29, 0.717) is 41.8 Å². The third kappa shape index (κ3) is 3.80. The van der Waals surface area contributed by atoms with Crippen molar-refractivity contribution in [2.45, 2.75) is 6.92 Å².